The van der Waals surface area contributed by atoms with E-state index in [2.05, 4.69) is 10.6 Å². The molecule has 0 bridgehead atoms. The van der Waals surface area contributed by atoms with Crippen molar-refractivity contribution in [2.75, 3.05) is 13.1 Å². The molecule has 5 heteroatoms. The highest BCUT2D eigenvalue weighted by atomic mass is 16.2. The van der Waals surface area contributed by atoms with Crippen LogP contribution >= 0.6 is 0 Å². The van der Waals surface area contributed by atoms with Gasteiger partial charge in [0.05, 0.1) is 0 Å². The van der Waals surface area contributed by atoms with Gasteiger partial charge in [0.1, 0.15) is 0 Å². The molecule has 0 unspecified atom stereocenters. The van der Waals surface area contributed by atoms with E-state index in [0.29, 0.717) is 18.7 Å². The van der Waals surface area contributed by atoms with Gasteiger partial charge in [0.25, 0.3) is 0 Å². The number of rotatable bonds is 9. The summed E-state index contributed by atoms with van der Waals surface area (Å²) in [4.78, 5) is 34.7. The molecule has 0 radical (unpaired) electrons. The van der Waals surface area contributed by atoms with Gasteiger partial charge >= 0.3 is 0 Å². The number of carbonyl (C=O) groups is 3. The van der Waals surface area contributed by atoms with Crippen LogP contribution in [0, 0.1) is 0 Å². The number of amides is 2. The zero-order valence-electron chi connectivity index (χ0n) is 12.4. The molecular formula is C16H22N2O3. The Morgan fingerprint density at radius 3 is 2.14 bits per heavy atom. The molecule has 21 heavy (non-hydrogen) atoms. The van der Waals surface area contributed by atoms with Crippen molar-refractivity contribution >= 4 is 17.6 Å². The van der Waals surface area contributed by atoms with Crippen LogP contribution in [0.5, 0.6) is 0 Å². The Bertz CT molecular complexity index is 472. The Morgan fingerprint density at radius 2 is 1.48 bits per heavy atom. The van der Waals surface area contributed by atoms with Crippen LogP contribution in [0.3, 0.4) is 0 Å². The highest BCUT2D eigenvalue weighted by molar-refractivity contribution is 5.97. The maximum absolute atomic E-state index is 11.8. The summed E-state index contributed by atoms with van der Waals surface area (Å²) in [6.45, 7) is 2.93. The lowest BCUT2D eigenvalue weighted by molar-refractivity contribution is -0.122. The first-order valence-corrected chi connectivity index (χ1v) is 7.25. The molecule has 0 saturated heterocycles. The molecule has 1 aromatic rings. The summed E-state index contributed by atoms with van der Waals surface area (Å²) >= 11 is 0. The molecular weight excluding hydrogens is 268 g/mol. The van der Waals surface area contributed by atoms with Crippen LogP contribution in [0.4, 0.5) is 0 Å². The lowest BCUT2D eigenvalue weighted by Crippen LogP contribution is -2.31. The second-order valence-corrected chi connectivity index (χ2v) is 4.74. The molecule has 5 nitrogen and oxygen atoms in total. The third-order valence-corrected chi connectivity index (χ3v) is 2.92. The van der Waals surface area contributed by atoms with E-state index in [1.54, 1.807) is 24.3 Å². The van der Waals surface area contributed by atoms with E-state index in [1.165, 1.54) is 0 Å². The molecule has 0 atom stereocenters. The summed E-state index contributed by atoms with van der Waals surface area (Å²) in [7, 11) is 0. The van der Waals surface area contributed by atoms with Gasteiger partial charge in [0.2, 0.25) is 11.8 Å². The summed E-state index contributed by atoms with van der Waals surface area (Å²) < 4.78 is 0. The summed E-state index contributed by atoms with van der Waals surface area (Å²) in [5, 5.41) is 5.38. The predicted octanol–water partition coefficient (Wildman–Crippen LogP) is 1.68. The average molecular weight is 290 g/mol. The average Bonchev–Trinajstić information content (AvgIpc) is 2.51. The molecule has 1 aromatic carbocycles. The zero-order valence-corrected chi connectivity index (χ0v) is 12.4. The van der Waals surface area contributed by atoms with Gasteiger partial charge in [-0.25, -0.2) is 0 Å². The van der Waals surface area contributed by atoms with Crippen molar-refractivity contribution in [1.82, 2.24) is 10.6 Å². The highest BCUT2D eigenvalue weighted by Gasteiger charge is 2.09. The van der Waals surface area contributed by atoms with Gasteiger partial charge in [-0.05, 0) is 6.42 Å². The number of ketones is 1. The predicted molar refractivity (Wildman–Crippen MR) is 80.9 cm³/mol. The summed E-state index contributed by atoms with van der Waals surface area (Å²) in [5.74, 6) is -0.327. The summed E-state index contributed by atoms with van der Waals surface area (Å²) in [6, 6.07) is 8.90. The van der Waals surface area contributed by atoms with Crippen molar-refractivity contribution in [3.8, 4) is 0 Å². The lowest BCUT2D eigenvalue weighted by atomic mass is 10.1. The van der Waals surface area contributed by atoms with Crippen LogP contribution in [0.1, 0.15) is 43.0 Å². The second-order valence-electron chi connectivity index (χ2n) is 4.74. The first kappa shape index (κ1) is 16.9. The molecule has 0 aliphatic carbocycles. The maximum Gasteiger partial charge on any atom is 0.221 e. The summed E-state index contributed by atoms with van der Waals surface area (Å²) in [6.07, 6.45) is 1.47. The first-order valence-electron chi connectivity index (χ1n) is 7.25. The van der Waals surface area contributed by atoms with Gasteiger partial charge in [-0.3, -0.25) is 14.4 Å². The molecule has 2 N–H and O–H groups in total. The Kier molecular flexibility index (Phi) is 7.79. The van der Waals surface area contributed by atoms with Crippen molar-refractivity contribution in [3.63, 3.8) is 0 Å². The fourth-order valence-corrected chi connectivity index (χ4v) is 1.75. The van der Waals surface area contributed by atoms with Gasteiger partial charge in [0, 0.05) is 37.9 Å². The Balaban J connectivity index is 2.17. The van der Waals surface area contributed by atoms with Crippen molar-refractivity contribution in [1.29, 1.82) is 0 Å². The second kappa shape index (κ2) is 9.69. The fraction of sp³-hybridized carbons (Fsp3) is 0.438. The van der Waals surface area contributed by atoms with E-state index in [4.69, 9.17) is 0 Å². The van der Waals surface area contributed by atoms with Crippen LogP contribution in [0.25, 0.3) is 0 Å². The SMILES string of the molecule is CCCNC(=O)CCNC(=O)CCC(=O)c1ccccc1. The minimum absolute atomic E-state index is 0.0496. The lowest BCUT2D eigenvalue weighted by Gasteiger charge is -2.06. The Hall–Kier alpha value is -2.17. The Morgan fingerprint density at radius 1 is 0.857 bits per heavy atom. The molecule has 0 aliphatic heterocycles. The minimum atomic E-state index is -0.206. The summed E-state index contributed by atoms with van der Waals surface area (Å²) in [5.41, 5.74) is 0.615. The quantitative estimate of drug-likeness (QED) is 0.679. The van der Waals surface area contributed by atoms with Gasteiger partial charge in [0.15, 0.2) is 5.78 Å². The van der Waals surface area contributed by atoms with Crippen LogP contribution in [0.2, 0.25) is 0 Å². The van der Waals surface area contributed by atoms with Crippen molar-refractivity contribution < 1.29 is 14.4 Å². The molecule has 0 spiro atoms. The van der Waals surface area contributed by atoms with Gasteiger partial charge in [-0.1, -0.05) is 37.3 Å². The van der Waals surface area contributed by atoms with E-state index in [1.807, 2.05) is 13.0 Å². The standard InChI is InChI=1S/C16H22N2O3/c1-2-11-17-16(21)10-12-18-15(20)9-8-14(19)13-6-4-3-5-7-13/h3-7H,2,8-12H2,1H3,(H,17,21)(H,18,20). The van der Waals surface area contributed by atoms with Crippen molar-refractivity contribution in [3.05, 3.63) is 35.9 Å². The zero-order chi connectivity index (χ0) is 15.5. The number of hydrogen-bond acceptors (Lipinski definition) is 3. The van der Waals surface area contributed by atoms with Crippen molar-refractivity contribution in [2.45, 2.75) is 32.6 Å². The van der Waals surface area contributed by atoms with E-state index in [0.717, 1.165) is 6.42 Å². The van der Waals surface area contributed by atoms with Gasteiger partial charge in [-0.15, -0.1) is 0 Å². The highest BCUT2D eigenvalue weighted by Crippen LogP contribution is 2.04. The number of Topliss-reactive ketones (excluding diaryl/α,β-unsaturated/α-hetero) is 1. The van der Waals surface area contributed by atoms with Crippen LogP contribution < -0.4 is 10.6 Å². The van der Waals surface area contributed by atoms with Crippen molar-refractivity contribution in [2.24, 2.45) is 0 Å². The number of hydrogen-bond donors (Lipinski definition) is 2. The molecule has 0 aliphatic rings. The van der Waals surface area contributed by atoms with Crippen LogP contribution in [-0.2, 0) is 9.59 Å². The van der Waals surface area contributed by atoms with E-state index >= 15 is 0 Å². The van der Waals surface area contributed by atoms with E-state index in [9.17, 15) is 14.4 Å². The Labute approximate surface area is 125 Å². The molecule has 0 heterocycles. The number of benzene rings is 1. The number of carbonyl (C=O) groups excluding carboxylic acids is 3. The van der Waals surface area contributed by atoms with Crippen LogP contribution in [0.15, 0.2) is 30.3 Å². The number of nitrogens with one attached hydrogen (secondary N) is 2. The van der Waals surface area contributed by atoms with Crippen LogP contribution in [-0.4, -0.2) is 30.7 Å². The largest absolute Gasteiger partial charge is 0.356 e. The normalized spacial score (nSPS) is 9.95. The topological polar surface area (TPSA) is 75.3 Å². The van der Waals surface area contributed by atoms with Gasteiger partial charge < -0.3 is 10.6 Å². The van der Waals surface area contributed by atoms with Gasteiger partial charge in [-0.2, -0.15) is 0 Å². The first-order chi connectivity index (χ1) is 10.1. The monoisotopic (exact) mass is 290 g/mol. The molecule has 2 amide bonds. The maximum atomic E-state index is 11.8. The molecule has 114 valence electrons. The minimum Gasteiger partial charge on any atom is -0.356 e. The third kappa shape index (κ3) is 7.25. The smallest absolute Gasteiger partial charge is 0.221 e. The molecule has 0 fully saturated rings. The molecule has 1 rings (SSSR count). The fourth-order valence-electron chi connectivity index (χ4n) is 1.75. The molecule has 0 aromatic heterocycles. The van der Waals surface area contributed by atoms with E-state index < -0.39 is 0 Å². The molecule has 0 saturated carbocycles. The third-order valence-electron chi connectivity index (χ3n) is 2.92. The van der Waals surface area contributed by atoms with E-state index in [-0.39, 0.29) is 36.9 Å².